The number of allylic oxidation sites excluding steroid dienone is 1. The molecule has 0 aliphatic carbocycles. The molecule has 1 saturated heterocycles. The van der Waals surface area contributed by atoms with Crippen molar-refractivity contribution >= 4 is 35.7 Å². The Hall–Kier alpha value is -5.29. The van der Waals surface area contributed by atoms with Crippen LogP contribution in [-0.2, 0) is 48.0 Å². The lowest BCUT2D eigenvalue weighted by Crippen LogP contribution is -2.58. The maximum absolute atomic E-state index is 13.6. The highest BCUT2D eigenvalue weighted by atomic mass is 16.5. The van der Waals surface area contributed by atoms with Crippen LogP contribution < -0.4 is 16.0 Å². The number of nitrogens with zero attached hydrogens (tertiary/aromatic N) is 1. The van der Waals surface area contributed by atoms with Gasteiger partial charge in [-0.1, -0.05) is 111 Å². The third kappa shape index (κ3) is 13.2. The van der Waals surface area contributed by atoms with Crippen LogP contribution >= 0.6 is 0 Å². The number of hydrogen-bond donors (Lipinski definition) is 4. The molecule has 4 amide bonds. The smallest absolute Gasteiger partial charge is 0.305 e. The molecule has 1 aliphatic rings. The molecule has 0 bridgehead atoms. The zero-order chi connectivity index (χ0) is 36.6. The van der Waals surface area contributed by atoms with Crippen molar-refractivity contribution in [1.29, 1.82) is 0 Å². The van der Waals surface area contributed by atoms with Gasteiger partial charge in [-0.15, -0.1) is 0 Å². The van der Waals surface area contributed by atoms with E-state index in [1.807, 2.05) is 105 Å². The Kier molecular flexibility index (Phi) is 14.9. The van der Waals surface area contributed by atoms with Crippen molar-refractivity contribution in [3.63, 3.8) is 0 Å². The summed E-state index contributed by atoms with van der Waals surface area (Å²) >= 11 is 0. The first-order chi connectivity index (χ1) is 24.6. The van der Waals surface area contributed by atoms with Crippen LogP contribution in [0.1, 0.15) is 48.9 Å². The highest BCUT2D eigenvalue weighted by Gasteiger charge is 2.33. The molecular weight excluding hydrogens is 648 g/mol. The minimum atomic E-state index is -1.49. The van der Waals surface area contributed by atoms with Crippen molar-refractivity contribution < 1.29 is 33.8 Å². The number of amides is 4. The third-order valence-corrected chi connectivity index (χ3v) is 8.41. The van der Waals surface area contributed by atoms with Gasteiger partial charge < -0.3 is 30.7 Å². The number of carbonyl (C=O) groups is 5. The molecule has 4 rings (SSSR count). The van der Waals surface area contributed by atoms with E-state index in [0.717, 1.165) is 22.3 Å². The SMILES string of the molecule is CC(C)CC(NC(=O)Cc1cccc(C/C=C/c2ccccc2)c1)C(=O)N[C@@H](CC(=O)O)C(=O)NC(Cc1ccccc1)C(=O)N1CCOCC1. The van der Waals surface area contributed by atoms with E-state index in [0.29, 0.717) is 32.7 Å². The number of benzene rings is 3. The summed E-state index contributed by atoms with van der Waals surface area (Å²) in [4.78, 5) is 67.5. The molecule has 0 aromatic heterocycles. The molecule has 1 fully saturated rings. The Morgan fingerprint density at radius 2 is 1.37 bits per heavy atom. The standard InChI is InChI=1S/C40H48N4O7/c1-28(2)23-33(41-36(45)26-32-18-10-17-30(24-32)16-9-15-29-11-5-3-6-12-29)38(48)42-34(27-37(46)47)39(49)43-35(25-31-13-7-4-8-14-31)40(50)44-19-21-51-22-20-44/h3-15,17-18,24,28,33-35H,16,19-23,25-27H2,1-2H3,(H,41,45)(H,42,48)(H,43,49)(H,46,47)/b15-9+/t33?,34-,35?/m0/s1. The van der Waals surface area contributed by atoms with E-state index in [2.05, 4.69) is 22.0 Å². The summed E-state index contributed by atoms with van der Waals surface area (Å²) in [6.07, 6.45) is 4.53. The van der Waals surface area contributed by atoms with Crippen LogP contribution in [0.2, 0.25) is 0 Å². The fourth-order valence-electron chi connectivity index (χ4n) is 5.88. The van der Waals surface area contributed by atoms with Crippen LogP contribution in [0.15, 0.2) is 91.0 Å². The predicted molar refractivity (Wildman–Crippen MR) is 194 cm³/mol. The van der Waals surface area contributed by atoms with Crippen LogP contribution in [0.4, 0.5) is 0 Å². The molecule has 4 N–H and O–H groups in total. The predicted octanol–water partition coefficient (Wildman–Crippen LogP) is 3.56. The molecule has 1 aliphatic heterocycles. The van der Waals surface area contributed by atoms with E-state index in [1.165, 1.54) is 0 Å². The summed E-state index contributed by atoms with van der Waals surface area (Å²) in [5, 5.41) is 17.7. The average molecular weight is 697 g/mol. The molecule has 270 valence electrons. The molecule has 2 unspecified atom stereocenters. The first-order valence-electron chi connectivity index (χ1n) is 17.4. The van der Waals surface area contributed by atoms with Gasteiger partial charge in [0, 0.05) is 19.5 Å². The summed E-state index contributed by atoms with van der Waals surface area (Å²) in [6, 6.07) is 23.3. The lowest BCUT2D eigenvalue weighted by Gasteiger charge is -2.31. The Morgan fingerprint density at radius 3 is 2.04 bits per heavy atom. The first-order valence-corrected chi connectivity index (χ1v) is 17.4. The van der Waals surface area contributed by atoms with Crippen LogP contribution in [0, 0.1) is 5.92 Å². The summed E-state index contributed by atoms with van der Waals surface area (Å²) in [6.45, 7) is 5.26. The second kappa shape index (κ2) is 19.8. The van der Waals surface area contributed by atoms with Crippen molar-refractivity contribution in [3.8, 4) is 0 Å². The summed E-state index contributed by atoms with van der Waals surface area (Å²) in [5.41, 5.74) is 3.71. The fourth-order valence-corrected chi connectivity index (χ4v) is 5.88. The van der Waals surface area contributed by atoms with E-state index in [9.17, 15) is 29.1 Å². The lowest BCUT2D eigenvalue weighted by molar-refractivity contribution is -0.142. The molecule has 1 heterocycles. The van der Waals surface area contributed by atoms with Gasteiger partial charge in [0.05, 0.1) is 26.1 Å². The van der Waals surface area contributed by atoms with Crippen LogP contribution in [0.5, 0.6) is 0 Å². The molecule has 11 nitrogen and oxygen atoms in total. The normalized spacial score (nSPS) is 14.8. The monoisotopic (exact) mass is 696 g/mol. The van der Waals surface area contributed by atoms with Crippen molar-refractivity contribution in [2.45, 2.75) is 64.1 Å². The minimum Gasteiger partial charge on any atom is -0.481 e. The van der Waals surface area contributed by atoms with E-state index < -0.39 is 42.3 Å². The molecule has 3 aromatic rings. The molecule has 0 saturated carbocycles. The Bertz CT molecular complexity index is 1640. The number of carboxylic acid groups (broad SMARTS) is 1. The van der Waals surface area contributed by atoms with Crippen molar-refractivity contribution in [1.82, 2.24) is 20.9 Å². The Labute approximate surface area is 299 Å². The lowest BCUT2D eigenvalue weighted by atomic mass is 10.0. The van der Waals surface area contributed by atoms with Gasteiger partial charge >= 0.3 is 5.97 Å². The van der Waals surface area contributed by atoms with Gasteiger partial charge in [-0.05, 0) is 41.0 Å². The first kappa shape index (κ1) is 38.5. The Morgan fingerprint density at radius 1 is 0.765 bits per heavy atom. The Balaban J connectivity index is 1.42. The highest BCUT2D eigenvalue weighted by Crippen LogP contribution is 2.13. The molecule has 11 heteroatoms. The molecule has 51 heavy (non-hydrogen) atoms. The second-order valence-electron chi connectivity index (χ2n) is 13.1. The number of aliphatic carboxylic acids is 1. The summed E-state index contributed by atoms with van der Waals surface area (Å²) < 4.78 is 5.37. The largest absolute Gasteiger partial charge is 0.481 e. The van der Waals surface area contributed by atoms with Crippen molar-refractivity contribution in [2.24, 2.45) is 5.92 Å². The zero-order valence-electron chi connectivity index (χ0n) is 29.3. The van der Waals surface area contributed by atoms with Gasteiger partial charge in [0.25, 0.3) is 0 Å². The average Bonchev–Trinajstić information content (AvgIpc) is 3.11. The van der Waals surface area contributed by atoms with E-state index in [1.54, 1.807) is 4.90 Å². The number of rotatable bonds is 17. The number of ether oxygens (including phenoxy) is 1. The van der Waals surface area contributed by atoms with Gasteiger partial charge in [0.15, 0.2) is 0 Å². The van der Waals surface area contributed by atoms with Crippen molar-refractivity contribution in [2.75, 3.05) is 26.3 Å². The van der Waals surface area contributed by atoms with E-state index >= 15 is 0 Å². The second-order valence-corrected chi connectivity index (χ2v) is 13.1. The van der Waals surface area contributed by atoms with E-state index in [-0.39, 0.29) is 37.0 Å². The number of morpholine rings is 1. The van der Waals surface area contributed by atoms with Crippen LogP contribution in [0.3, 0.4) is 0 Å². The number of carboxylic acids is 1. The fraction of sp³-hybridized carbons (Fsp3) is 0.375. The van der Waals surface area contributed by atoms with E-state index in [4.69, 9.17) is 4.74 Å². The van der Waals surface area contributed by atoms with Gasteiger partial charge in [-0.3, -0.25) is 24.0 Å². The molecule has 3 atom stereocenters. The molecule has 0 spiro atoms. The molecular formula is C40H48N4O7. The molecule has 0 radical (unpaired) electrons. The summed E-state index contributed by atoms with van der Waals surface area (Å²) in [5.74, 6) is -3.51. The third-order valence-electron chi connectivity index (χ3n) is 8.41. The number of hydrogen-bond acceptors (Lipinski definition) is 6. The minimum absolute atomic E-state index is 0.00562. The van der Waals surface area contributed by atoms with Gasteiger partial charge in [-0.25, -0.2) is 0 Å². The van der Waals surface area contributed by atoms with Crippen LogP contribution in [0.25, 0.3) is 6.08 Å². The number of nitrogens with one attached hydrogen (secondary N) is 3. The quantitative estimate of drug-likeness (QED) is 0.168. The maximum atomic E-state index is 13.6. The molecule has 3 aromatic carbocycles. The van der Waals surface area contributed by atoms with Gasteiger partial charge in [0.1, 0.15) is 18.1 Å². The highest BCUT2D eigenvalue weighted by molar-refractivity contribution is 5.96. The van der Waals surface area contributed by atoms with Gasteiger partial charge in [-0.2, -0.15) is 0 Å². The zero-order valence-corrected chi connectivity index (χ0v) is 29.3. The van der Waals surface area contributed by atoms with Crippen molar-refractivity contribution in [3.05, 3.63) is 113 Å². The topological polar surface area (TPSA) is 154 Å². The maximum Gasteiger partial charge on any atom is 0.305 e. The van der Waals surface area contributed by atoms with Gasteiger partial charge in [0.2, 0.25) is 23.6 Å². The number of carbonyl (C=O) groups excluding carboxylic acids is 4. The summed E-state index contributed by atoms with van der Waals surface area (Å²) in [7, 11) is 0. The van der Waals surface area contributed by atoms with Crippen LogP contribution in [-0.4, -0.2) is 84.0 Å².